The number of aryl methyl sites for hydroxylation is 2. The molecule has 1 saturated heterocycles. The zero-order valence-electron chi connectivity index (χ0n) is 23.1. The molecule has 0 radical (unpaired) electrons. The van der Waals surface area contributed by atoms with Crippen molar-refractivity contribution in [2.45, 2.75) is 26.3 Å². The smallest absolute Gasteiger partial charge is 0.261 e. The van der Waals surface area contributed by atoms with Crippen LogP contribution in [0.25, 0.3) is 33.3 Å². The number of hydrogen-bond acceptors (Lipinski definition) is 6. The van der Waals surface area contributed by atoms with Gasteiger partial charge < -0.3 is 24.9 Å². The van der Waals surface area contributed by atoms with Gasteiger partial charge in [0.2, 0.25) is 5.43 Å². The van der Waals surface area contributed by atoms with Gasteiger partial charge in [-0.25, -0.2) is 9.97 Å². The highest BCUT2D eigenvalue weighted by Gasteiger charge is 2.20. The summed E-state index contributed by atoms with van der Waals surface area (Å²) >= 11 is 0. The van der Waals surface area contributed by atoms with E-state index in [1.807, 2.05) is 84.0 Å². The van der Waals surface area contributed by atoms with Crippen LogP contribution in [0.4, 0.5) is 11.5 Å². The van der Waals surface area contributed by atoms with Crippen molar-refractivity contribution < 1.29 is 9.53 Å². The Morgan fingerprint density at radius 2 is 1.66 bits per heavy atom. The minimum atomic E-state index is -0.444. The first-order valence-corrected chi connectivity index (χ1v) is 13.7. The number of hydrogen-bond donors (Lipinski definition) is 2. The number of nitrogens with one attached hydrogen (secondary N) is 1. The first-order chi connectivity index (χ1) is 19.9. The lowest BCUT2D eigenvalue weighted by atomic mass is 9.99. The maximum Gasteiger partial charge on any atom is 0.261 e. The first-order valence-electron chi connectivity index (χ1n) is 13.7. The van der Waals surface area contributed by atoms with Crippen molar-refractivity contribution in [3.63, 3.8) is 0 Å². The average molecular weight is 549 g/mol. The second kappa shape index (κ2) is 11.0. The van der Waals surface area contributed by atoms with Gasteiger partial charge in [0, 0.05) is 62.2 Å². The van der Waals surface area contributed by atoms with Crippen molar-refractivity contribution in [1.29, 1.82) is 0 Å². The van der Waals surface area contributed by atoms with Crippen molar-refractivity contribution in [2.75, 3.05) is 24.3 Å². The van der Waals surface area contributed by atoms with E-state index >= 15 is 0 Å². The fraction of sp³-hybridized carbons (Fsp3) is 0.250. The van der Waals surface area contributed by atoms with Crippen LogP contribution in [-0.4, -0.2) is 38.2 Å². The monoisotopic (exact) mass is 548 g/mol. The number of fused-ring (bicyclic) bond motifs is 1. The molecular weight excluding hydrogens is 516 g/mol. The van der Waals surface area contributed by atoms with E-state index in [1.165, 1.54) is 6.33 Å². The summed E-state index contributed by atoms with van der Waals surface area (Å²) < 4.78 is 9.41. The number of ether oxygens (including phenoxy) is 1. The van der Waals surface area contributed by atoms with Crippen molar-refractivity contribution in [1.82, 2.24) is 19.1 Å². The number of nitrogens with zero attached hydrogens (tertiary/aromatic N) is 4. The fourth-order valence-corrected chi connectivity index (χ4v) is 5.45. The Kier molecular flexibility index (Phi) is 7.11. The third kappa shape index (κ3) is 5.36. The third-order valence-electron chi connectivity index (χ3n) is 7.73. The van der Waals surface area contributed by atoms with E-state index in [1.54, 1.807) is 6.20 Å². The Balaban J connectivity index is 1.30. The molecule has 1 aliphatic rings. The molecule has 9 heteroatoms. The predicted molar refractivity (Wildman–Crippen MR) is 161 cm³/mol. The number of anilines is 2. The van der Waals surface area contributed by atoms with Crippen molar-refractivity contribution >= 4 is 28.4 Å². The Morgan fingerprint density at radius 1 is 0.976 bits per heavy atom. The van der Waals surface area contributed by atoms with Gasteiger partial charge in [0.05, 0.1) is 5.39 Å². The standard InChI is InChI=1S/C32H32N6O3/c1-20-3-5-23(6-4-20)26-17-38(15-21-11-13-41-14-12-21)18-27(29(26)39)32(40)36-24-9-7-22(8-10-24)25-16-37(2)31-28(25)30(33)34-19-35-31/h3-10,16-19,21H,11-15H2,1-2H3,(H,36,40)(H2,33,34,35). The number of carbonyl (C=O) groups is 1. The molecule has 0 saturated carbocycles. The fourth-order valence-electron chi connectivity index (χ4n) is 5.45. The highest BCUT2D eigenvalue weighted by Crippen LogP contribution is 2.32. The van der Waals surface area contributed by atoms with Crippen LogP contribution in [0.5, 0.6) is 0 Å². The molecular formula is C32H32N6O3. The molecule has 208 valence electrons. The van der Waals surface area contributed by atoms with E-state index in [4.69, 9.17) is 10.5 Å². The van der Waals surface area contributed by atoms with Gasteiger partial charge in [-0.15, -0.1) is 0 Å². The van der Waals surface area contributed by atoms with E-state index in [0.29, 0.717) is 23.0 Å². The molecule has 4 heterocycles. The van der Waals surface area contributed by atoms with Gasteiger partial charge in [0.1, 0.15) is 23.4 Å². The Hall–Kier alpha value is -4.76. The molecule has 0 spiro atoms. The molecule has 3 aromatic heterocycles. The Bertz CT molecular complexity index is 1780. The molecule has 0 bridgehead atoms. The van der Waals surface area contributed by atoms with E-state index in [-0.39, 0.29) is 11.0 Å². The summed E-state index contributed by atoms with van der Waals surface area (Å²) in [6.45, 7) is 4.19. The van der Waals surface area contributed by atoms with Crippen LogP contribution in [0.15, 0.2) is 78.2 Å². The Morgan fingerprint density at radius 3 is 2.39 bits per heavy atom. The minimum absolute atomic E-state index is 0.109. The quantitative estimate of drug-likeness (QED) is 0.307. The molecule has 0 aliphatic carbocycles. The normalized spacial score (nSPS) is 13.9. The first kappa shape index (κ1) is 26.5. The summed E-state index contributed by atoms with van der Waals surface area (Å²) in [4.78, 5) is 35.6. The van der Waals surface area contributed by atoms with E-state index in [0.717, 1.165) is 65.9 Å². The molecule has 9 nitrogen and oxygen atoms in total. The highest BCUT2D eigenvalue weighted by atomic mass is 16.5. The number of nitrogen functional groups attached to an aromatic ring is 1. The molecule has 0 unspecified atom stereocenters. The summed E-state index contributed by atoms with van der Waals surface area (Å²) in [6.07, 6.45) is 8.86. The summed E-state index contributed by atoms with van der Waals surface area (Å²) in [7, 11) is 1.91. The summed E-state index contributed by atoms with van der Waals surface area (Å²) in [5, 5.41) is 3.71. The Labute approximate surface area is 237 Å². The third-order valence-corrected chi connectivity index (χ3v) is 7.73. The van der Waals surface area contributed by atoms with Gasteiger partial charge in [-0.1, -0.05) is 42.0 Å². The number of rotatable bonds is 6. The maximum atomic E-state index is 13.6. The molecule has 2 aromatic carbocycles. The molecule has 1 fully saturated rings. The number of carbonyl (C=O) groups excluding carboxylic acids is 1. The van der Waals surface area contributed by atoms with Crippen molar-refractivity contribution in [3.8, 4) is 22.3 Å². The molecule has 41 heavy (non-hydrogen) atoms. The highest BCUT2D eigenvalue weighted by molar-refractivity contribution is 6.05. The van der Waals surface area contributed by atoms with E-state index in [9.17, 15) is 9.59 Å². The zero-order valence-corrected chi connectivity index (χ0v) is 23.1. The lowest BCUT2D eigenvalue weighted by molar-refractivity contribution is 0.0612. The lowest BCUT2D eigenvalue weighted by Crippen LogP contribution is -2.26. The lowest BCUT2D eigenvalue weighted by Gasteiger charge is -2.23. The van der Waals surface area contributed by atoms with Crippen LogP contribution in [0.1, 0.15) is 28.8 Å². The minimum Gasteiger partial charge on any atom is -0.383 e. The zero-order chi connectivity index (χ0) is 28.5. The summed E-state index contributed by atoms with van der Waals surface area (Å²) in [5.74, 6) is 0.391. The van der Waals surface area contributed by atoms with Gasteiger partial charge in [-0.05, 0) is 48.9 Å². The van der Waals surface area contributed by atoms with Crippen molar-refractivity contribution in [3.05, 3.63) is 94.8 Å². The van der Waals surface area contributed by atoms with Crippen molar-refractivity contribution in [2.24, 2.45) is 13.0 Å². The molecule has 1 aliphatic heterocycles. The number of aromatic nitrogens is 4. The van der Waals surface area contributed by atoms with Crippen LogP contribution < -0.4 is 16.5 Å². The van der Waals surface area contributed by atoms with Crippen LogP contribution in [0.3, 0.4) is 0 Å². The maximum absolute atomic E-state index is 13.6. The van der Waals surface area contributed by atoms with E-state index < -0.39 is 5.91 Å². The average Bonchev–Trinajstić information content (AvgIpc) is 3.32. The van der Waals surface area contributed by atoms with Gasteiger partial charge in [-0.2, -0.15) is 0 Å². The van der Waals surface area contributed by atoms with Crippen LogP contribution in [0, 0.1) is 12.8 Å². The largest absolute Gasteiger partial charge is 0.383 e. The second-order valence-electron chi connectivity index (χ2n) is 10.7. The van der Waals surface area contributed by atoms with Crippen LogP contribution in [0.2, 0.25) is 0 Å². The number of amides is 1. The van der Waals surface area contributed by atoms with Gasteiger partial charge in [0.15, 0.2) is 0 Å². The summed E-state index contributed by atoms with van der Waals surface area (Å²) in [5.41, 5.74) is 11.5. The number of pyridine rings is 1. The topological polar surface area (TPSA) is 117 Å². The van der Waals surface area contributed by atoms with Gasteiger partial charge in [-0.3, -0.25) is 9.59 Å². The van der Waals surface area contributed by atoms with Gasteiger partial charge in [0.25, 0.3) is 5.91 Å². The molecule has 6 rings (SSSR count). The SMILES string of the molecule is Cc1ccc(-c2cn(CC3CCOCC3)cc(C(=O)Nc3ccc(-c4cn(C)c5ncnc(N)c45)cc3)c2=O)cc1. The molecule has 3 N–H and O–H groups in total. The summed E-state index contributed by atoms with van der Waals surface area (Å²) in [6, 6.07) is 15.2. The molecule has 5 aromatic rings. The van der Waals surface area contributed by atoms with Gasteiger partial charge >= 0.3 is 0 Å². The van der Waals surface area contributed by atoms with Crippen LogP contribution in [-0.2, 0) is 18.3 Å². The second-order valence-corrected chi connectivity index (χ2v) is 10.7. The predicted octanol–water partition coefficient (Wildman–Crippen LogP) is 5.03. The molecule has 0 atom stereocenters. The molecule has 1 amide bonds. The van der Waals surface area contributed by atoms with Crippen LogP contribution >= 0.6 is 0 Å². The van der Waals surface area contributed by atoms with E-state index in [2.05, 4.69) is 15.3 Å². The number of nitrogens with two attached hydrogens (primary N) is 1. The number of benzene rings is 2.